The van der Waals surface area contributed by atoms with Gasteiger partial charge in [-0.3, -0.25) is 0 Å². The van der Waals surface area contributed by atoms with Crippen molar-refractivity contribution in [3.8, 4) is 11.5 Å². The number of aryl methyl sites for hydroxylation is 1. The van der Waals surface area contributed by atoms with Crippen molar-refractivity contribution in [1.29, 1.82) is 0 Å². The molecule has 2 aromatic carbocycles. The van der Waals surface area contributed by atoms with Crippen molar-refractivity contribution in [3.05, 3.63) is 59.2 Å². The van der Waals surface area contributed by atoms with E-state index in [2.05, 4.69) is 55.6 Å². The van der Waals surface area contributed by atoms with Crippen LogP contribution in [0.1, 0.15) is 23.6 Å². The molecule has 0 amide bonds. The van der Waals surface area contributed by atoms with Gasteiger partial charge in [-0.15, -0.1) is 0 Å². The Bertz CT molecular complexity index is 624. The molecule has 3 rings (SSSR count). The Morgan fingerprint density at radius 1 is 1.10 bits per heavy atom. The summed E-state index contributed by atoms with van der Waals surface area (Å²) >= 11 is 0. The van der Waals surface area contributed by atoms with Crippen molar-refractivity contribution in [2.75, 3.05) is 6.79 Å². The van der Waals surface area contributed by atoms with E-state index in [1.165, 1.54) is 16.7 Å². The van der Waals surface area contributed by atoms with E-state index in [-0.39, 0.29) is 0 Å². The molecule has 1 heterocycles. The van der Waals surface area contributed by atoms with E-state index in [0.717, 1.165) is 24.5 Å². The van der Waals surface area contributed by atoms with E-state index in [9.17, 15) is 0 Å². The summed E-state index contributed by atoms with van der Waals surface area (Å²) < 4.78 is 10.7. The van der Waals surface area contributed by atoms with Crippen molar-refractivity contribution in [2.45, 2.75) is 32.9 Å². The molecule has 3 heteroatoms. The first-order valence-corrected chi connectivity index (χ1v) is 7.39. The number of rotatable bonds is 5. The second-order valence-corrected chi connectivity index (χ2v) is 5.60. The van der Waals surface area contributed by atoms with Crippen LogP contribution in [0.3, 0.4) is 0 Å². The Hall–Kier alpha value is -2.00. The standard InChI is InChI=1S/C18H21NO2/c1-13-5-3-4-6-16(13)9-14(2)19-11-15-7-8-17-18(10-15)21-12-20-17/h3-8,10,14,19H,9,11-12H2,1-2H3. The number of hydrogen-bond donors (Lipinski definition) is 1. The van der Waals surface area contributed by atoms with Crippen LogP contribution in [0.2, 0.25) is 0 Å². The normalized spacial score (nSPS) is 14.2. The monoisotopic (exact) mass is 283 g/mol. The molecule has 0 fully saturated rings. The molecule has 1 aliphatic rings. The maximum atomic E-state index is 5.41. The van der Waals surface area contributed by atoms with Crippen LogP contribution >= 0.6 is 0 Å². The van der Waals surface area contributed by atoms with Crippen molar-refractivity contribution < 1.29 is 9.47 Å². The van der Waals surface area contributed by atoms with Crippen LogP contribution in [0.5, 0.6) is 11.5 Å². The minimum Gasteiger partial charge on any atom is -0.454 e. The molecular formula is C18H21NO2. The molecular weight excluding hydrogens is 262 g/mol. The molecule has 0 bridgehead atoms. The number of nitrogens with one attached hydrogen (secondary N) is 1. The van der Waals surface area contributed by atoms with Crippen LogP contribution in [0.4, 0.5) is 0 Å². The summed E-state index contributed by atoms with van der Waals surface area (Å²) in [7, 11) is 0. The third kappa shape index (κ3) is 3.37. The van der Waals surface area contributed by atoms with Gasteiger partial charge >= 0.3 is 0 Å². The molecule has 0 spiro atoms. The summed E-state index contributed by atoms with van der Waals surface area (Å²) in [5, 5.41) is 3.57. The number of benzene rings is 2. The van der Waals surface area contributed by atoms with Gasteiger partial charge in [0, 0.05) is 12.6 Å². The summed E-state index contributed by atoms with van der Waals surface area (Å²) in [5.74, 6) is 1.69. The summed E-state index contributed by atoms with van der Waals surface area (Å²) in [6.45, 7) is 5.55. The Kier molecular flexibility index (Phi) is 4.11. The molecule has 0 saturated heterocycles. The van der Waals surface area contributed by atoms with Crippen LogP contribution in [0, 0.1) is 6.92 Å². The largest absolute Gasteiger partial charge is 0.454 e. The van der Waals surface area contributed by atoms with Gasteiger partial charge in [-0.25, -0.2) is 0 Å². The fourth-order valence-electron chi connectivity index (χ4n) is 2.58. The highest BCUT2D eigenvalue weighted by molar-refractivity contribution is 5.44. The smallest absolute Gasteiger partial charge is 0.231 e. The molecule has 0 saturated carbocycles. The van der Waals surface area contributed by atoms with Crippen molar-refractivity contribution in [2.24, 2.45) is 0 Å². The molecule has 2 aromatic rings. The average molecular weight is 283 g/mol. The fraction of sp³-hybridized carbons (Fsp3) is 0.333. The fourth-order valence-corrected chi connectivity index (χ4v) is 2.58. The van der Waals surface area contributed by atoms with Crippen molar-refractivity contribution >= 4 is 0 Å². The first-order valence-electron chi connectivity index (χ1n) is 7.39. The quantitative estimate of drug-likeness (QED) is 0.911. The first-order chi connectivity index (χ1) is 10.2. The molecule has 0 aliphatic carbocycles. The molecule has 1 N–H and O–H groups in total. The molecule has 0 radical (unpaired) electrons. The predicted octanol–water partition coefficient (Wildman–Crippen LogP) is 3.44. The molecule has 1 atom stereocenters. The second kappa shape index (κ2) is 6.19. The lowest BCUT2D eigenvalue weighted by Crippen LogP contribution is -2.27. The average Bonchev–Trinajstić information content (AvgIpc) is 2.95. The van der Waals surface area contributed by atoms with Crippen molar-refractivity contribution in [1.82, 2.24) is 5.32 Å². The van der Waals surface area contributed by atoms with Crippen LogP contribution in [-0.4, -0.2) is 12.8 Å². The Balaban J connectivity index is 1.56. The topological polar surface area (TPSA) is 30.5 Å². The van der Waals surface area contributed by atoms with Gasteiger partial charge in [0.1, 0.15) is 0 Å². The van der Waals surface area contributed by atoms with E-state index >= 15 is 0 Å². The first kappa shape index (κ1) is 14.0. The van der Waals surface area contributed by atoms with Gasteiger partial charge in [-0.2, -0.15) is 0 Å². The van der Waals surface area contributed by atoms with E-state index in [0.29, 0.717) is 12.8 Å². The zero-order valence-corrected chi connectivity index (χ0v) is 12.6. The highest BCUT2D eigenvalue weighted by atomic mass is 16.7. The third-order valence-corrected chi connectivity index (χ3v) is 3.88. The summed E-state index contributed by atoms with van der Waals surface area (Å²) in [4.78, 5) is 0. The number of fused-ring (bicyclic) bond motifs is 1. The lowest BCUT2D eigenvalue weighted by Gasteiger charge is -2.15. The van der Waals surface area contributed by atoms with Gasteiger partial charge in [0.2, 0.25) is 6.79 Å². The maximum absolute atomic E-state index is 5.41. The second-order valence-electron chi connectivity index (χ2n) is 5.60. The molecule has 1 unspecified atom stereocenters. The van der Waals surface area contributed by atoms with Crippen LogP contribution in [0.25, 0.3) is 0 Å². The third-order valence-electron chi connectivity index (χ3n) is 3.88. The van der Waals surface area contributed by atoms with E-state index in [1.807, 2.05) is 6.07 Å². The van der Waals surface area contributed by atoms with Gasteiger partial charge in [0.15, 0.2) is 11.5 Å². The zero-order valence-electron chi connectivity index (χ0n) is 12.6. The maximum Gasteiger partial charge on any atom is 0.231 e. The summed E-state index contributed by atoms with van der Waals surface area (Å²) in [6, 6.07) is 15.1. The van der Waals surface area contributed by atoms with E-state index < -0.39 is 0 Å². The van der Waals surface area contributed by atoms with Crippen LogP contribution < -0.4 is 14.8 Å². The van der Waals surface area contributed by atoms with E-state index in [1.54, 1.807) is 0 Å². The van der Waals surface area contributed by atoms with Crippen LogP contribution in [-0.2, 0) is 13.0 Å². The highest BCUT2D eigenvalue weighted by Gasteiger charge is 2.13. The number of hydrogen-bond acceptors (Lipinski definition) is 3. The van der Waals surface area contributed by atoms with Gasteiger partial charge in [-0.1, -0.05) is 30.3 Å². The zero-order chi connectivity index (χ0) is 14.7. The predicted molar refractivity (Wildman–Crippen MR) is 83.7 cm³/mol. The summed E-state index contributed by atoms with van der Waals surface area (Å²) in [5.41, 5.74) is 3.98. The Labute approximate surface area is 125 Å². The van der Waals surface area contributed by atoms with E-state index in [4.69, 9.17) is 9.47 Å². The summed E-state index contributed by atoms with van der Waals surface area (Å²) in [6.07, 6.45) is 1.04. The molecule has 1 aliphatic heterocycles. The minimum absolute atomic E-state index is 0.329. The van der Waals surface area contributed by atoms with Gasteiger partial charge in [0.05, 0.1) is 0 Å². The molecule has 3 nitrogen and oxygen atoms in total. The van der Waals surface area contributed by atoms with Gasteiger partial charge < -0.3 is 14.8 Å². The Morgan fingerprint density at radius 2 is 1.90 bits per heavy atom. The van der Waals surface area contributed by atoms with Gasteiger partial charge in [-0.05, 0) is 49.1 Å². The van der Waals surface area contributed by atoms with Crippen LogP contribution in [0.15, 0.2) is 42.5 Å². The highest BCUT2D eigenvalue weighted by Crippen LogP contribution is 2.32. The molecule has 21 heavy (non-hydrogen) atoms. The molecule has 0 aromatic heterocycles. The lowest BCUT2D eigenvalue weighted by molar-refractivity contribution is 0.174. The minimum atomic E-state index is 0.329. The Morgan fingerprint density at radius 3 is 2.76 bits per heavy atom. The lowest BCUT2D eigenvalue weighted by atomic mass is 10.0. The SMILES string of the molecule is Cc1ccccc1CC(C)NCc1ccc2c(c1)OCO2. The molecule has 110 valence electrons. The van der Waals surface area contributed by atoms with Crippen molar-refractivity contribution in [3.63, 3.8) is 0 Å². The number of ether oxygens (including phenoxy) is 2. The van der Waals surface area contributed by atoms with Gasteiger partial charge in [0.25, 0.3) is 0 Å².